The van der Waals surface area contributed by atoms with Gasteiger partial charge >= 0.3 is 0 Å². The van der Waals surface area contributed by atoms with Crippen molar-refractivity contribution >= 4 is 11.8 Å². The summed E-state index contributed by atoms with van der Waals surface area (Å²) in [4.78, 5) is 0. The molecule has 1 N–H and O–H groups in total. The van der Waals surface area contributed by atoms with Crippen molar-refractivity contribution in [2.75, 3.05) is 18.9 Å². The summed E-state index contributed by atoms with van der Waals surface area (Å²) in [7, 11) is 0. The van der Waals surface area contributed by atoms with Crippen LogP contribution in [0.25, 0.3) is 0 Å². The summed E-state index contributed by atoms with van der Waals surface area (Å²) in [6.45, 7) is 4.08. The van der Waals surface area contributed by atoms with Gasteiger partial charge in [-0.25, -0.2) is 0 Å². The maximum atomic E-state index is 5.67. The van der Waals surface area contributed by atoms with E-state index in [9.17, 15) is 0 Å². The summed E-state index contributed by atoms with van der Waals surface area (Å²) in [5, 5.41) is 4.29. The molecule has 0 aliphatic carbocycles. The normalized spacial score (nSPS) is 28.6. The number of likely N-dealkylation sites (N-methyl/N-ethyl adjacent to an activating group) is 1. The third kappa shape index (κ3) is 2.26. The third-order valence-corrected chi connectivity index (χ3v) is 4.26. The number of ether oxygens (including phenoxy) is 1. The van der Waals surface area contributed by atoms with E-state index in [2.05, 4.69) is 30.1 Å². The first-order chi connectivity index (χ1) is 6.92. The van der Waals surface area contributed by atoms with E-state index >= 15 is 0 Å². The zero-order valence-corrected chi connectivity index (χ0v) is 9.61. The topological polar surface area (TPSA) is 21.3 Å². The van der Waals surface area contributed by atoms with Crippen molar-refractivity contribution < 1.29 is 4.74 Å². The molecular formula is C11H19NOS. The Hall–Kier alpha value is -0.150. The van der Waals surface area contributed by atoms with Crippen molar-refractivity contribution in [3.8, 4) is 0 Å². The van der Waals surface area contributed by atoms with E-state index in [1.807, 2.05) is 0 Å². The smallest absolute Gasteiger partial charge is 0.110 e. The van der Waals surface area contributed by atoms with Crippen LogP contribution in [0, 0.1) is 0 Å². The minimum atomic E-state index is 0.468. The number of nitrogens with one attached hydrogen (secondary N) is 1. The molecule has 2 aliphatic heterocycles. The van der Waals surface area contributed by atoms with Gasteiger partial charge in [0.25, 0.3) is 0 Å². The second-order valence-electron chi connectivity index (χ2n) is 3.83. The van der Waals surface area contributed by atoms with Gasteiger partial charge in [0.15, 0.2) is 0 Å². The van der Waals surface area contributed by atoms with Crippen LogP contribution in [0.2, 0.25) is 0 Å². The first-order valence-corrected chi connectivity index (χ1v) is 6.64. The molecule has 0 saturated carbocycles. The molecule has 0 bridgehead atoms. The number of thioether (sulfide) groups is 1. The van der Waals surface area contributed by atoms with Gasteiger partial charge in [0.1, 0.15) is 5.76 Å². The second kappa shape index (κ2) is 5.08. The van der Waals surface area contributed by atoms with Gasteiger partial charge in [0, 0.05) is 11.7 Å². The van der Waals surface area contributed by atoms with Gasteiger partial charge in [-0.05, 0) is 31.2 Å². The van der Waals surface area contributed by atoms with E-state index in [1.165, 1.54) is 24.4 Å². The number of hydrogen-bond acceptors (Lipinski definition) is 3. The van der Waals surface area contributed by atoms with Crippen molar-refractivity contribution in [3.63, 3.8) is 0 Å². The highest BCUT2D eigenvalue weighted by molar-refractivity contribution is 8.00. The third-order valence-electron chi connectivity index (χ3n) is 2.80. The minimum Gasteiger partial charge on any atom is -0.496 e. The lowest BCUT2D eigenvalue weighted by Crippen LogP contribution is -2.38. The Kier molecular flexibility index (Phi) is 3.76. The van der Waals surface area contributed by atoms with Crippen molar-refractivity contribution in [1.82, 2.24) is 5.32 Å². The van der Waals surface area contributed by atoms with Crippen LogP contribution in [0.1, 0.15) is 26.2 Å². The molecule has 2 aliphatic rings. The van der Waals surface area contributed by atoms with Gasteiger partial charge in [-0.15, -0.1) is 0 Å². The summed E-state index contributed by atoms with van der Waals surface area (Å²) >= 11 is 2.09. The first kappa shape index (κ1) is 10.4. The molecule has 2 heterocycles. The van der Waals surface area contributed by atoms with Crippen molar-refractivity contribution in [3.05, 3.63) is 11.8 Å². The molecule has 0 spiro atoms. The largest absolute Gasteiger partial charge is 0.496 e. The van der Waals surface area contributed by atoms with Crippen molar-refractivity contribution in [2.24, 2.45) is 0 Å². The molecule has 0 aromatic carbocycles. The summed E-state index contributed by atoms with van der Waals surface area (Å²) in [6, 6.07) is 0.468. The highest BCUT2D eigenvalue weighted by atomic mass is 32.2. The van der Waals surface area contributed by atoms with E-state index in [1.54, 1.807) is 0 Å². The van der Waals surface area contributed by atoms with Crippen LogP contribution in [0.4, 0.5) is 0 Å². The molecule has 80 valence electrons. The lowest BCUT2D eigenvalue weighted by atomic mass is 10.1. The maximum absolute atomic E-state index is 5.67. The van der Waals surface area contributed by atoms with Crippen LogP contribution in [-0.4, -0.2) is 30.2 Å². The summed E-state index contributed by atoms with van der Waals surface area (Å²) < 4.78 is 5.67. The predicted octanol–water partition coefficient (Wildman–Crippen LogP) is 2.16. The highest BCUT2D eigenvalue weighted by Crippen LogP contribution is 2.32. The average Bonchev–Trinajstić information content (AvgIpc) is 2.87. The molecule has 2 nitrogen and oxygen atoms in total. The maximum Gasteiger partial charge on any atom is 0.110 e. The van der Waals surface area contributed by atoms with E-state index < -0.39 is 0 Å². The summed E-state index contributed by atoms with van der Waals surface area (Å²) in [5.41, 5.74) is 0. The van der Waals surface area contributed by atoms with Crippen LogP contribution in [0.15, 0.2) is 11.8 Å². The van der Waals surface area contributed by atoms with Crippen molar-refractivity contribution in [2.45, 2.75) is 37.5 Å². The number of rotatable bonds is 4. The zero-order chi connectivity index (χ0) is 9.80. The van der Waals surface area contributed by atoms with Gasteiger partial charge < -0.3 is 10.1 Å². The fraction of sp³-hybridized carbons (Fsp3) is 0.818. The van der Waals surface area contributed by atoms with Crippen LogP contribution in [0.3, 0.4) is 0 Å². The Morgan fingerprint density at radius 1 is 1.71 bits per heavy atom. The molecule has 2 atom stereocenters. The fourth-order valence-corrected chi connectivity index (χ4v) is 3.55. The Morgan fingerprint density at radius 2 is 2.64 bits per heavy atom. The van der Waals surface area contributed by atoms with Crippen LogP contribution in [-0.2, 0) is 4.74 Å². The summed E-state index contributed by atoms with van der Waals surface area (Å²) in [6.07, 6.45) is 6.05. The van der Waals surface area contributed by atoms with Crippen LogP contribution >= 0.6 is 11.8 Å². The summed E-state index contributed by atoms with van der Waals surface area (Å²) in [5.74, 6) is 2.52. The lowest BCUT2D eigenvalue weighted by Gasteiger charge is -2.24. The minimum absolute atomic E-state index is 0.468. The van der Waals surface area contributed by atoms with E-state index in [-0.39, 0.29) is 0 Å². The van der Waals surface area contributed by atoms with Crippen LogP contribution in [0.5, 0.6) is 0 Å². The average molecular weight is 213 g/mol. The van der Waals surface area contributed by atoms with E-state index in [0.29, 0.717) is 6.04 Å². The number of hydrogen-bond donors (Lipinski definition) is 1. The monoisotopic (exact) mass is 213 g/mol. The Labute approximate surface area is 90.5 Å². The van der Waals surface area contributed by atoms with Gasteiger partial charge in [0.05, 0.1) is 12.6 Å². The second-order valence-corrected chi connectivity index (χ2v) is 5.18. The molecule has 0 radical (unpaired) electrons. The van der Waals surface area contributed by atoms with Crippen molar-refractivity contribution in [1.29, 1.82) is 0 Å². The molecule has 0 aromatic rings. The molecule has 2 rings (SSSR count). The Morgan fingerprint density at radius 3 is 3.21 bits per heavy atom. The van der Waals surface area contributed by atoms with Gasteiger partial charge in [-0.2, -0.15) is 11.8 Å². The Balaban J connectivity index is 1.98. The van der Waals surface area contributed by atoms with Gasteiger partial charge in [0.2, 0.25) is 0 Å². The molecular weight excluding hydrogens is 194 g/mol. The van der Waals surface area contributed by atoms with Crippen LogP contribution < -0.4 is 5.32 Å². The molecule has 2 unspecified atom stereocenters. The molecule has 1 saturated heterocycles. The molecule has 0 aromatic heterocycles. The Bertz CT molecular complexity index is 211. The molecule has 3 heteroatoms. The standard InChI is InChI=1S/C11H19NOS/c1-2-12-11(9-5-3-7-13-9)10-6-4-8-14-10/h5,10-12H,2-4,6-8H2,1H3. The molecule has 0 amide bonds. The van der Waals surface area contributed by atoms with Gasteiger partial charge in [-0.3, -0.25) is 0 Å². The fourth-order valence-electron chi connectivity index (χ4n) is 2.15. The first-order valence-electron chi connectivity index (χ1n) is 5.59. The van der Waals surface area contributed by atoms with E-state index in [4.69, 9.17) is 4.74 Å². The zero-order valence-electron chi connectivity index (χ0n) is 8.79. The highest BCUT2D eigenvalue weighted by Gasteiger charge is 2.29. The van der Waals surface area contributed by atoms with Gasteiger partial charge in [-0.1, -0.05) is 6.92 Å². The van der Waals surface area contributed by atoms with E-state index in [0.717, 1.165) is 24.8 Å². The predicted molar refractivity (Wildman–Crippen MR) is 61.6 cm³/mol. The quantitative estimate of drug-likeness (QED) is 0.773. The molecule has 14 heavy (non-hydrogen) atoms. The molecule has 1 fully saturated rings. The SMILES string of the molecule is CCNC(C1=CCCO1)C1CCCS1. The lowest BCUT2D eigenvalue weighted by molar-refractivity contribution is 0.213.